The molecular weight excluding hydrogens is 537 g/mol. The summed E-state index contributed by atoms with van der Waals surface area (Å²) in [5, 5.41) is 13.2. The van der Waals surface area contributed by atoms with Gasteiger partial charge in [-0.05, 0) is 50.5 Å². The third-order valence-corrected chi connectivity index (χ3v) is 8.28. The van der Waals surface area contributed by atoms with Crippen molar-refractivity contribution in [1.29, 1.82) is 0 Å². The van der Waals surface area contributed by atoms with Gasteiger partial charge in [0.25, 0.3) is 5.91 Å². The van der Waals surface area contributed by atoms with Crippen molar-refractivity contribution < 1.29 is 23.8 Å². The Balaban J connectivity index is 1.21. The molecule has 2 fully saturated rings. The van der Waals surface area contributed by atoms with Crippen LogP contribution in [0.3, 0.4) is 0 Å². The first-order valence-electron chi connectivity index (χ1n) is 14.6. The number of carbonyl (C=O) groups is 1. The number of aliphatic hydroxyl groups is 1. The standard InChI is InChI=1S/C32H36FN5O4/c1-32-11-3-2-7-26(32)27(42-29-10-12-34-31(36-29)38-13-4-6-25(39)21-38)8-9-28(32)35-30(40)22-18-23(33)20-24(19-22)37-14-5-16-41-17-15-37/h2-3,7-12,18-20,25,28,39H,4-6,13-17,21H2,1H3,(H,35,40). The highest BCUT2D eigenvalue weighted by molar-refractivity contribution is 5.95. The van der Waals surface area contributed by atoms with E-state index < -0.39 is 23.4 Å². The van der Waals surface area contributed by atoms with Gasteiger partial charge in [-0.1, -0.05) is 30.4 Å². The maximum atomic E-state index is 14.7. The van der Waals surface area contributed by atoms with Crippen molar-refractivity contribution in [3.8, 4) is 5.88 Å². The Morgan fingerprint density at radius 2 is 2.02 bits per heavy atom. The molecule has 2 aliphatic heterocycles. The van der Waals surface area contributed by atoms with Gasteiger partial charge in [0, 0.05) is 67.3 Å². The zero-order valence-corrected chi connectivity index (χ0v) is 23.7. The first-order valence-corrected chi connectivity index (χ1v) is 14.6. The number of ether oxygens (including phenoxy) is 2. The Labute approximate surface area is 245 Å². The molecule has 0 saturated carbocycles. The largest absolute Gasteiger partial charge is 0.439 e. The van der Waals surface area contributed by atoms with Crippen LogP contribution in [0.25, 0.3) is 0 Å². The number of aromatic nitrogens is 2. The van der Waals surface area contributed by atoms with Gasteiger partial charge in [0.15, 0.2) is 0 Å². The van der Waals surface area contributed by atoms with E-state index in [9.17, 15) is 14.3 Å². The average molecular weight is 574 g/mol. The lowest BCUT2D eigenvalue weighted by atomic mass is 9.70. The summed E-state index contributed by atoms with van der Waals surface area (Å²) in [6.45, 7) is 5.95. The van der Waals surface area contributed by atoms with Crippen LogP contribution in [0.5, 0.6) is 5.88 Å². The molecule has 2 saturated heterocycles. The van der Waals surface area contributed by atoms with Gasteiger partial charge in [0.1, 0.15) is 11.6 Å². The second-order valence-corrected chi connectivity index (χ2v) is 11.3. The summed E-state index contributed by atoms with van der Waals surface area (Å²) >= 11 is 0. The summed E-state index contributed by atoms with van der Waals surface area (Å²) in [6.07, 6.45) is 15.4. The van der Waals surface area contributed by atoms with E-state index in [0.29, 0.717) is 49.6 Å². The Kier molecular flexibility index (Phi) is 8.08. The van der Waals surface area contributed by atoms with Crippen LogP contribution >= 0.6 is 0 Å². The summed E-state index contributed by atoms with van der Waals surface area (Å²) in [5.41, 5.74) is 1.22. The third-order valence-electron chi connectivity index (χ3n) is 8.28. The molecular formula is C32H36FN5O4. The maximum Gasteiger partial charge on any atom is 0.251 e. The minimum atomic E-state index is -0.611. The van der Waals surface area contributed by atoms with Gasteiger partial charge in [-0.2, -0.15) is 4.98 Å². The number of carbonyl (C=O) groups excluding carboxylic acids is 1. The van der Waals surface area contributed by atoms with Crippen molar-refractivity contribution in [3.63, 3.8) is 0 Å². The fraction of sp³-hybridized carbons (Fsp3) is 0.406. The summed E-state index contributed by atoms with van der Waals surface area (Å²) in [4.78, 5) is 26.5. The van der Waals surface area contributed by atoms with Crippen LogP contribution in [0.1, 0.15) is 36.5 Å². The van der Waals surface area contributed by atoms with Gasteiger partial charge in [-0.25, -0.2) is 9.37 Å². The van der Waals surface area contributed by atoms with Crippen molar-refractivity contribution in [3.05, 3.63) is 89.6 Å². The number of anilines is 2. The van der Waals surface area contributed by atoms with E-state index in [2.05, 4.69) is 20.2 Å². The molecule has 1 aromatic carbocycles. The molecule has 2 aliphatic carbocycles. The van der Waals surface area contributed by atoms with Gasteiger partial charge in [0.05, 0.1) is 18.8 Å². The Hall–Kier alpha value is -4.02. The lowest BCUT2D eigenvalue weighted by Gasteiger charge is -2.39. The van der Waals surface area contributed by atoms with Crippen LogP contribution in [0.4, 0.5) is 16.0 Å². The molecule has 2 N–H and O–H groups in total. The first-order chi connectivity index (χ1) is 20.4. The summed E-state index contributed by atoms with van der Waals surface area (Å²) < 4.78 is 26.5. The van der Waals surface area contributed by atoms with E-state index in [1.165, 1.54) is 12.1 Å². The molecule has 0 radical (unpaired) electrons. The summed E-state index contributed by atoms with van der Waals surface area (Å²) in [6, 6.07) is 5.79. The zero-order valence-electron chi connectivity index (χ0n) is 23.7. The average Bonchev–Trinajstić information content (AvgIpc) is 3.28. The lowest BCUT2D eigenvalue weighted by molar-refractivity contribution is 0.0927. The molecule has 220 valence electrons. The molecule has 3 heterocycles. The minimum absolute atomic E-state index is 0.270. The highest BCUT2D eigenvalue weighted by Crippen LogP contribution is 2.42. The number of hydrogen-bond donors (Lipinski definition) is 2. The van der Waals surface area contributed by atoms with E-state index in [4.69, 9.17) is 9.47 Å². The van der Waals surface area contributed by atoms with E-state index in [1.54, 1.807) is 18.3 Å². The summed E-state index contributed by atoms with van der Waals surface area (Å²) in [5.74, 6) is 0.724. The maximum absolute atomic E-state index is 14.7. The van der Waals surface area contributed by atoms with Crippen molar-refractivity contribution in [2.45, 2.75) is 38.3 Å². The predicted octanol–water partition coefficient (Wildman–Crippen LogP) is 3.94. The number of hydrogen-bond acceptors (Lipinski definition) is 8. The number of allylic oxidation sites excluding steroid dienone is 4. The third kappa shape index (κ3) is 5.96. The smallest absolute Gasteiger partial charge is 0.251 e. The van der Waals surface area contributed by atoms with Crippen LogP contribution in [-0.2, 0) is 4.74 Å². The van der Waals surface area contributed by atoms with E-state index in [-0.39, 0.29) is 11.5 Å². The molecule has 3 unspecified atom stereocenters. The van der Waals surface area contributed by atoms with Gasteiger partial charge in [0.2, 0.25) is 11.8 Å². The van der Waals surface area contributed by atoms with Crippen LogP contribution in [0.2, 0.25) is 0 Å². The van der Waals surface area contributed by atoms with Gasteiger partial charge >= 0.3 is 0 Å². The molecule has 4 aliphatic rings. The highest BCUT2D eigenvalue weighted by atomic mass is 19.1. The number of rotatable bonds is 6. The predicted molar refractivity (Wildman–Crippen MR) is 158 cm³/mol. The van der Waals surface area contributed by atoms with E-state index >= 15 is 0 Å². The molecule has 3 atom stereocenters. The summed E-state index contributed by atoms with van der Waals surface area (Å²) in [7, 11) is 0. The molecule has 42 heavy (non-hydrogen) atoms. The fourth-order valence-corrected chi connectivity index (χ4v) is 5.96. The van der Waals surface area contributed by atoms with Gasteiger partial charge in [-0.15, -0.1) is 0 Å². The molecule has 9 nitrogen and oxygen atoms in total. The number of benzene rings is 1. The first kappa shape index (κ1) is 28.1. The minimum Gasteiger partial charge on any atom is -0.439 e. The van der Waals surface area contributed by atoms with Crippen molar-refractivity contribution in [1.82, 2.24) is 15.3 Å². The second-order valence-electron chi connectivity index (χ2n) is 11.3. The quantitative estimate of drug-likeness (QED) is 0.536. The molecule has 0 bridgehead atoms. The SMILES string of the molecule is CC12C=CC=CC1=C(Oc1ccnc(N3CCCC(O)C3)n1)C=CC2NC(=O)c1cc(F)cc(N2CCCOCC2)c1. The van der Waals surface area contributed by atoms with E-state index in [1.807, 2.05) is 48.3 Å². The topological polar surface area (TPSA) is 100 Å². The van der Waals surface area contributed by atoms with Crippen molar-refractivity contribution in [2.75, 3.05) is 49.2 Å². The molecule has 1 aromatic heterocycles. The number of aliphatic hydroxyl groups excluding tert-OH is 1. The molecule has 6 rings (SSSR count). The molecule has 0 spiro atoms. The zero-order chi connectivity index (χ0) is 29.1. The molecule has 1 amide bonds. The van der Waals surface area contributed by atoms with Crippen LogP contribution < -0.4 is 19.9 Å². The van der Waals surface area contributed by atoms with Crippen LogP contribution in [0.15, 0.2) is 78.3 Å². The number of nitrogens with zero attached hydrogens (tertiary/aromatic N) is 4. The number of piperidine rings is 1. The number of nitrogens with one attached hydrogen (secondary N) is 1. The number of halogens is 1. The normalized spacial score (nSPS) is 25.7. The second kappa shape index (κ2) is 12.1. The fourth-order valence-electron chi connectivity index (χ4n) is 5.96. The Morgan fingerprint density at radius 3 is 2.90 bits per heavy atom. The molecule has 2 aromatic rings. The monoisotopic (exact) mass is 573 g/mol. The Morgan fingerprint density at radius 1 is 1.14 bits per heavy atom. The number of fused-ring (bicyclic) bond motifs is 1. The van der Waals surface area contributed by atoms with Gasteiger partial charge in [-0.3, -0.25) is 4.79 Å². The molecule has 10 heteroatoms. The van der Waals surface area contributed by atoms with Crippen molar-refractivity contribution in [2.24, 2.45) is 5.41 Å². The number of β-amino-alcohol motifs (C(OH)–C–C–N with tert-alkyl or cyclic N) is 1. The Bertz CT molecular complexity index is 1450. The van der Waals surface area contributed by atoms with Crippen molar-refractivity contribution >= 4 is 17.5 Å². The van der Waals surface area contributed by atoms with Crippen LogP contribution in [0, 0.1) is 11.2 Å². The van der Waals surface area contributed by atoms with Crippen LogP contribution in [-0.4, -0.2) is 72.5 Å². The number of amides is 1. The lowest BCUT2D eigenvalue weighted by Crippen LogP contribution is -2.47. The van der Waals surface area contributed by atoms with Gasteiger partial charge < -0.3 is 29.7 Å². The van der Waals surface area contributed by atoms with E-state index in [0.717, 1.165) is 37.9 Å². The highest BCUT2D eigenvalue weighted by Gasteiger charge is 2.40.